The SMILES string of the molecule is CCCOc1cccc(CCNC(=NC)NCc2cccc(OC)c2)c1.I. The normalized spacial score (nSPS) is 10.7. The molecule has 0 aliphatic rings. The van der Waals surface area contributed by atoms with E-state index in [0.29, 0.717) is 6.54 Å². The van der Waals surface area contributed by atoms with Gasteiger partial charge in [0.1, 0.15) is 11.5 Å². The van der Waals surface area contributed by atoms with E-state index in [9.17, 15) is 0 Å². The van der Waals surface area contributed by atoms with E-state index in [2.05, 4.69) is 40.7 Å². The lowest BCUT2D eigenvalue weighted by molar-refractivity contribution is 0.317. The van der Waals surface area contributed by atoms with E-state index < -0.39 is 0 Å². The predicted molar refractivity (Wildman–Crippen MR) is 123 cm³/mol. The molecule has 27 heavy (non-hydrogen) atoms. The third kappa shape index (κ3) is 8.51. The highest BCUT2D eigenvalue weighted by Crippen LogP contribution is 2.14. The molecule has 0 amide bonds. The second kappa shape index (κ2) is 13.2. The summed E-state index contributed by atoms with van der Waals surface area (Å²) in [6, 6.07) is 16.3. The van der Waals surface area contributed by atoms with Crippen molar-refractivity contribution < 1.29 is 9.47 Å². The van der Waals surface area contributed by atoms with Crippen molar-refractivity contribution in [2.75, 3.05) is 27.3 Å². The van der Waals surface area contributed by atoms with Crippen LogP contribution in [0.4, 0.5) is 0 Å². The Hall–Kier alpha value is -1.96. The minimum Gasteiger partial charge on any atom is -0.497 e. The molecule has 0 aromatic heterocycles. The number of benzene rings is 2. The Bertz CT molecular complexity index is 707. The van der Waals surface area contributed by atoms with Crippen molar-refractivity contribution in [3.63, 3.8) is 0 Å². The molecule has 0 heterocycles. The van der Waals surface area contributed by atoms with Gasteiger partial charge in [0.2, 0.25) is 0 Å². The molecule has 0 saturated heterocycles. The standard InChI is InChI=1S/C21H29N3O2.HI/c1-4-13-26-20-10-5-7-17(14-20)11-12-23-21(22-2)24-16-18-8-6-9-19(15-18)25-3;/h5-10,14-15H,4,11-13,16H2,1-3H3,(H2,22,23,24);1H. The summed E-state index contributed by atoms with van der Waals surface area (Å²) in [6.45, 7) is 4.35. The Balaban J connectivity index is 0.00000364. The van der Waals surface area contributed by atoms with Crippen molar-refractivity contribution in [2.24, 2.45) is 4.99 Å². The van der Waals surface area contributed by atoms with Crippen LogP contribution in [0, 0.1) is 0 Å². The Morgan fingerprint density at radius 3 is 2.41 bits per heavy atom. The monoisotopic (exact) mass is 483 g/mol. The van der Waals surface area contributed by atoms with Gasteiger partial charge < -0.3 is 20.1 Å². The fourth-order valence-electron chi connectivity index (χ4n) is 2.52. The van der Waals surface area contributed by atoms with E-state index in [1.54, 1.807) is 14.2 Å². The van der Waals surface area contributed by atoms with Crippen LogP contribution in [0.2, 0.25) is 0 Å². The molecule has 2 aromatic carbocycles. The number of aliphatic imine (C=N–C) groups is 1. The summed E-state index contributed by atoms with van der Waals surface area (Å²) in [5.41, 5.74) is 2.39. The van der Waals surface area contributed by atoms with Gasteiger partial charge in [0.25, 0.3) is 0 Å². The first kappa shape index (κ1) is 23.1. The number of ether oxygens (including phenoxy) is 2. The maximum atomic E-state index is 5.68. The van der Waals surface area contributed by atoms with Gasteiger partial charge in [-0.1, -0.05) is 31.2 Å². The highest BCUT2D eigenvalue weighted by atomic mass is 127. The summed E-state index contributed by atoms with van der Waals surface area (Å²) in [4.78, 5) is 4.27. The Morgan fingerprint density at radius 2 is 1.70 bits per heavy atom. The summed E-state index contributed by atoms with van der Waals surface area (Å²) in [6.07, 6.45) is 1.92. The van der Waals surface area contributed by atoms with Gasteiger partial charge in [-0.25, -0.2) is 0 Å². The first-order chi connectivity index (χ1) is 12.7. The average molecular weight is 483 g/mol. The van der Waals surface area contributed by atoms with E-state index in [0.717, 1.165) is 49.0 Å². The van der Waals surface area contributed by atoms with Crippen molar-refractivity contribution in [2.45, 2.75) is 26.3 Å². The molecule has 2 rings (SSSR count). The molecule has 2 N–H and O–H groups in total. The van der Waals surface area contributed by atoms with Gasteiger partial charge >= 0.3 is 0 Å². The van der Waals surface area contributed by atoms with Gasteiger partial charge in [0.15, 0.2) is 5.96 Å². The molecule has 148 valence electrons. The summed E-state index contributed by atoms with van der Waals surface area (Å²) >= 11 is 0. The van der Waals surface area contributed by atoms with Crippen LogP contribution in [-0.4, -0.2) is 33.3 Å². The molecule has 0 spiro atoms. The molecular weight excluding hydrogens is 453 g/mol. The first-order valence-electron chi connectivity index (χ1n) is 9.04. The van der Waals surface area contributed by atoms with E-state index in [4.69, 9.17) is 9.47 Å². The molecule has 6 heteroatoms. The largest absolute Gasteiger partial charge is 0.497 e. The zero-order valence-electron chi connectivity index (χ0n) is 16.3. The van der Waals surface area contributed by atoms with Crippen molar-refractivity contribution in [1.29, 1.82) is 0 Å². The highest BCUT2D eigenvalue weighted by molar-refractivity contribution is 14.0. The predicted octanol–water partition coefficient (Wildman–Crippen LogP) is 4.01. The molecule has 0 aliphatic heterocycles. The summed E-state index contributed by atoms with van der Waals surface area (Å²) in [7, 11) is 3.45. The number of nitrogens with zero attached hydrogens (tertiary/aromatic N) is 1. The minimum atomic E-state index is 0. The Labute approximate surface area is 179 Å². The van der Waals surface area contributed by atoms with Gasteiger partial charge in [-0.3, -0.25) is 4.99 Å². The lowest BCUT2D eigenvalue weighted by atomic mass is 10.1. The first-order valence-corrected chi connectivity index (χ1v) is 9.04. The number of guanidine groups is 1. The number of hydrogen-bond donors (Lipinski definition) is 2. The molecule has 0 saturated carbocycles. The third-order valence-corrected chi connectivity index (χ3v) is 3.90. The molecule has 0 unspecified atom stereocenters. The maximum Gasteiger partial charge on any atom is 0.191 e. The van der Waals surface area contributed by atoms with Crippen LogP contribution in [0.1, 0.15) is 24.5 Å². The number of hydrogen-bond acceptors (Lipinski definition) is 3. The molecule has 0 aliphatic carbocycles. The quantitative estimate of drug-likeness (QED) is 0.322. The number of rotatable bonds is 9. The molecule has 0 bridgehead atoms. The lowest BCUT2D eigenvalue weighted by Gasteiger charge is -2.13. The number of halogens is 1. The molecule has 5 nitrogen and oxygen atoms in total. The number of nitrogens with one attached hydrogen (secondary N) is 2. The Kier molecular flexibility index (Phi) is 11.3. The fraction of sp³-hybridized carbons (Fsp3) is 0.381. The van der Waals surface area contributed by atoms with E-state index >= 15 is 0 Å². The van der Waals surface area contributed by atoms with Crippen molar-refractivity contribution in [3.8, 4) is 11.5 Å². The van der Waals surface area contributed by atoms with E-state index in [-0.39, 0.29) is 24.0 Å². The van der Waals surface area contributed by atoms with Gasteiger partial charge in [-0.05, 0) is 48.2 Å². The summed E-state index contributed by atoms with van der Waals surface area (Å²) in [5, 5.41) is 6.67. The van der Waals surface area contributed by atoms with Crippen LogP contribution in [0.3, 0.4) is 0 Å². The van der Waals surface area contributed by atoms with Crippen LogP contribution in [0.15, 0.2) is 53.5 Å². The van der Waals surface area contributed by atoms with Gasteiger partial charge in [0, 0.05) is 20.1 Å². The summed E-state index contributed by atoms with van der Waals surface area (Å²) < 4.78 is 10.9. The average Bonchev–Trinajstić information content (AvgIpc) is 2.69. The molecular formula is C21H30IN3O2. The third-order valence-electron chi connectivity index (χ3n) is 3.90. The minimum absolute atomic E-state index is 0. The zero-order chi connectivity index (χ0) is 18.6. The van der Waals surface area contributed by atoms with E-state index in [1.807, 2.05) is 30.3 Å². The maximum absolute atomic E-state index is 5.68. The lowest BCUT2D eigenvalue weighted by Crippen LogP contribution is -2.37. The number of methoxy groups -OCH3 is 1. The fourth-order valence-corrected chi connectivity index (χ4v) is 2.52. The molecule has 0 fully saturated rings. The van der Waals surface area contributed by atoms with Gasteiger partial charge in [-0.2, -0.15) is 0 Å². The van der Waals surface area contributed by atoms with Crippen molar-refractivity contribution in [1.82, 2.24) is 10.6 Å². The summed E-state index contributed by atoms with van der Waals surface area (Å²) in [5.74, 6) is 2.58. The zero-order valence-corrected chi connectivity index (χ0v) is 18.7. The second-order valence-electron chi connectivity index (χ2n) is 5.95. The van der Waals surface area contributed by atoms with Crippen molar-refractivity contribution in [3.05, 3.63) is 59.7 Å². The molecule has 0 radical (unpaired) electrons. The van der Waals surface area contributed by atoms with Crippen LogP contribution in [0.5, 0.6) is 11.5 Å². The Morgan fingerprint density at radius 1 is 1.00 bits per heavy atom. The van der Waals surface area contributed by atoms with E-state index in [1.165, 1.54) is 5.56 Å². The second-order valence-corrected chi connectivity index (χ2v) is 5.95. The molecule has 0 atom stereocenters. The van der Waals surface area contributed by atoms with Gasteiger partial charge in [-0.15, -0.1) is 24.0 Å². The van der Waals surface area contributed by atoms with Crippen molar-refractivity contribution >= 4 is 29.9 Å². The van der Waals surface area contributed by atoms with Crippen LogP contribution in [-0.2, 0) is 13.0 Å². The van der Waals surface area contributed by atoms with Crippen LogP contribution < -0.4 is 20.1 Å². The highest BCUT2D eigenvalue weighted by Gasteiger charge is 2.01. The van der Waals surface area contributed by atoms with Gasteiger partial charge in [0.05, 0.1) is 13.7 Å². The topological polar surface area (TPSA) is 54.9 Å². The smallest absolute Gasteiger partial charge is 0.191 e. The molecule has 2 aromatic rings. The van der Waals surface area contributed by atoms with Crippen LogP contribution >= 0.6 is 24.0 Å². The van der Waals surface area contributed by atoms with Crippen LogP contribution in [0.25, 0.3) is 0 Å².